The number of rotatable bonds is 5. The first-order valence-electron chi connectivity index (χ1n) is 6.33. The highest BCUT2D eigenvalue weighted by Crippen LogP contribution is 2.12. The molecule has 2 aromatic rings. The first-order valence-corrected chi connectivity index (χ1v) is 6.33. The lowest BCUT2D eigenvalue weighted by molar-refractivity contribution is -0.384. The van der Waals surface area contributed by atoms with Gasteiger partial charge in [-0.3, -0.25) is 10.1 Å². The molecule has 0 aliphatic heterocycles. The fourth-order valence-corrected chi connectivity index (χ4v) is 1.68. The number of hydrogen-bond donors (Lipinski definition) is 1. The minimum Gasteiger partial charge on any atom is -0.445 e. The van der Waals surface area contributed by atoms with Crippen LogP contribution in [0.1, 0.15) is 11.1 Å². The summed E-state index contributed by atoms with van der Waals surface area (Å²) in [5.41, 5.74) is 1.67. The van der Waals surface area contributed by atoms with Crippen molar-refractivity contribution in [3.8, 4) is 0 Å². The molecule has 2 rings (SSSR count). The van der Waals surface area contributed by atoms with Gasteiger partial charge in [-0.05, 0) is 23.3 Å². The van der Waals surface area contributed by atoms with Crippen LogP contribution in [0.5, 0.6) is 0 Å². The Balaban J connectivity index is 1.77. The molecule has 0 aliphatic carbocycles. The number of nitrogens with one attached hydrogen (secondary N) is 1. The number of nitro groups is 1. The molecule has 0 heterocycles. The maximum atomic E-state index is 11.5. The van der Waals surface area contributed by atoms with E-state index in [1.165, 1.54) is 12.1 Å². The maximum absolute atomic E-state index is 11.5. The lowest BCUT2D eigenvalue weighted by atomic mass is 10.2. The molecule has 0 saturated carbocycles. The monoisotopic (exact) mass is 286 g/mol. The molecule has 6 heteroatoms. The van der Waals surface area contributed by atoms with Crippen molar-refractivity contribution >= 4 is 11.8 Å². The molecule has 21 heavy (non-hydrogen) atoms. The van der Waals surface area contributed by atoms with Crippen LogP contribution in [-0.2, 0) is 17.9 Å². The van der Waals surface area contributed by atoms with Crippen molar-refractivity contribution in [1.82, 2.24) is 5.32 Å². The summed E-state index contributed by atoms with van der Waals surface area (Å²) in [6, 6.07) is 15.3. The summed E-state index contributed by atoms with van der Waals surface area (Å²) in [6.45, 7) is 0.457. The van der Waals surface area contributed by atoms with Crippen molar-refractivity contribution in [3.63, 3.8) is 0 Å². The number of amides is 1. The number of non-ortho nitro benzene ring substituents is 1. The van der Waals surface area contributed by atoms with Gasteiger partial charge in [0.05, 0.1) is 4.92 Å². The van der Waals surface area contributed by atoms with E-state index in [4.69, 9.17) is 4.74 Å². The van der Waals surface area contributed by atoms with Crippen molar-refractivity contribution < 1.29 is 14.5 Å². The molecule has 0 saturated heterocycles. The smallest absolute Gasteiger partial charge is 0.407 e. The van der Waals surface area contributed by atoms with Crippen LogP contribution in [0.15, 0.2) is 54.6 Å². The molecule has 108 valence electrons. The summed E-state index contributed by atoms with van der Waals surface area (Å²) in [6.07, 6.45) is -0.530. The van der Waals surface area contributed by atoms with Crippen molar-refractivity contribution in [2.45, 2.75) is 13.2 Å². The second-order valence-electron chi connectivity index (χ2n) is 4.34. The molecule has 0 fully saturated rings. The predicted octanol–water partition coefficient (Wildman–Crippen LogP) is 3.02. The van der Waals surface area contributed by atoms with Crippen LogP contribution in [0.2, 0.25) is 0 Å². The molecule has 2 aromatic carbocycles. The molecule has 1 amide bonds. The second-order valence-corrected chi connectivity index (χ2v) is 4.34. The summed E-state index contributed by atoms with van der Waals surface area (Å²) in [7, 11) is 0. The highest BCUT2D eigenvalue weighted by Gasteiger charge is 2.06. The minimum absolute atomic E-state index is 0.00674. The van der Waals surface area contributed by atoms with Gasteiger partial charge in [-0.2, -0.15) is 0 Å². The van der Waals surface area contributed by atoms with Crippen LogP contribution in [0, 0.1) is 10.1 Å². The SMILES string of the molecule is O=C(NCc1ccccc1)OCc1ccc([N+](=O)[O-])cc1. The Kier molecular flexibility index (Phi) is 4.87. The lowest BCUT2D eigenvalue weighted by Gasteiger charge is -2.07. The first kappa shape index (κ1) is 14.5. The molecule has 1 N–H and O–H groups in total. The Hall–Kier alpha value is -2.89. The Bertz CT molecular complexity index is 611. The van der Waals surface area contributed by atoms with E-state index in [0.717, 1.165) is 5.56 Å². The quantitative estimate of drug-likeness (QED) is 0.676. The molecule has 0 aromatic heterocycles. The van der Waals surface area contributed by atoms with Gasteiger partial charge in [-0.25, -0.2) is 4.79 Å². The number of ether oxygens (including phenoxy) is 1. The average Bonchev–Trinajstić information content (AvgIpc) is 2.52. The van der Waals surface area contributed by atoms with E-state index in [1.54, 1.807) is 12.1 Å². The molecule has 0 bridgehead atoms. The second kappa shape index (κ2) is 7.04. The van der Waals surface area contributed by atoms with Gasteiger partial charge in [-0.15, -0.1) is 0 Å². The molecule has 0 unspecified atom stereocenters. The zero-order chi connectivity index (χ0) is 15.1. The third-order valence-electron chi connectivity index (χ3n) is 2.80. The third kappa shape index (κ3) is 4.61. The topological polar surface area (TPSA) is 81.5 Å². The van der Waals surface area contributed by atoms with Crippen molar-refractivity contribution in [1.29, 1.82) is 0 Å². The first-order chi connectivity index (χ1) is 10.1. The van der Waals surface area contributed by atoms with E-state index in [0.29, 0.717) is 12.1 Å². The summed E-state index contributed by atoms with van der Waals surface area (Å²) < 4.78 is 5.03. The molecule has 0 aliphatic rings. The van der Waals surface area contributed by atoms with Crippen LogP contribution in [0.3, 0.4) is 0 Å². The highest BCUT2D eigenvalue weighted by atomic mass is 16.6. The van der Waals surface area contributed by atoms with Crippen LogP contribution >= 0.6 is 0 Å². The van der Waals surface area contributed by atoms with E-state index in [1.807, 2.05) is 30.3 Å². The zero-order valence-electron chi connectivity index (χ0n) is 11.2. The Morgan fingerprint density at radius 2 is 1.71 bits per heavy atom. The number of carbonyl (C=O) groups excluding carboxylic acids is 1. The van der Waals surface area contributed by atoms with Crippen molar-refractivity contribution in [3.05, 3.63) is 75.8 Å². The number of carbonyl (C=O) groups is 1. The third-order valence-corrected chi connectivity index (χ3v) is 2.80. The van der Waals surface area contributed by atoms with Gasteiger partial charge >= 0.3 is 6.09 Å². The van der Waals surface area contributed by atoms with Gasteiger partial charge in [0.25, 0.3) is 5.69 Å². The van der Waals surface area contributed by atoms with Crippen LogP contribution in [0.4, 0.5) is 10.5 Å². The molecule has 0 radical (unpaired) electrons. The molecule has 6 nitrogen and oxygen atoms in total. The summed E-state index contributed by atoms with van der Waals surface area (Å²) in [4.78, 5) is 21.6. The van der Waals surface area contributed by atoms with Gasteiger partial charge in [0.15, 0.2) is 0 Å². The van der Waals surface area contributed by atoms with Gasteiger partial charge in [0.1, 0.15) is 6.61 Å². The normalized spacial score (nSPS) is 9.90. The van der Waals surface area contributed by atoms with E-state index in [-0.39, 0.29) is 12.3 Å². The van der Waals surface area contributed by atoms with E-state index >= 15 is 0 Å². The fourth-order valence-electron chi connectivity index (χ4n) is 1.68. The van der Waals surface area contributed by atoms with Gasteiger partial charge in [0, 0.05) is 18.7 Å². The van der Waals surface area contributed by atoms with Crippen LogP contribution < -0.4 is 5.32 Å². The standard InChI is InChI=1S/C15H14N2O4/c18-15(16-10-12-4-2-1-3-5-12)21-11-13-6-8-14(9-7-13)17(19)20/h1-9H,10-11H2,(H,16,18). The number of alkyl carbamates (subject to hydrolysis) is 1. The number of nitro benzene ring substituents is 1. The number of hydrogen-bond acceptors (Lipinski definition) is 4. The molecule has 0 spiro atoms. The average molecular weight is 286 g/mol. The van der Waals surface area contributed by atoms with E-state index < -0.39 is 11.0 Å². The van der Waals surface area contributed by atoms with Gasteiger partial charge in [0.2, 0.25) is 0 Å². The zero-order valence-corrected chi connectivity index (χ0v) is 11.2. The summed E-state index contributed by atoms with van der Waals surface area (Å²) in [5.74, 6) is 0. The van der Waals surface area contributed by atoms with Crippen LogP contribution in [0.25, 0.3) is 0 Å². The van der Waals surface area contributed by atoms with Gasteiger partial charge in [-0.1, -0.05) is 30.3 Å². The summed E-state index contributed by atoms with van der Waals surface area (Å²) in [5, 5.41) is 13.1. The van der Waals surface area contributed by atoms with Crippen molar-refractivity contribution in [2.75, 3.05) is 0 Å². The largest absolute Gasteiger partial charge is 0.445 e. The highest BCUT2D eigenvalue weighted by molar-refractivity contribution is 5.67. The van der Waals surface area contributed by atoms with Gasteiger partial charge < -0.3 is 10.1 Å². The predicted molar refractivity (Wildman–Crippen MR) is 76.6 cm³/mol. The molecule has 0 atom stereocenters. The minimum atomic E-state index is -0.530. The van der Waals surface area contributed by atoms with E-state index in [9.17, 15) is 14.9 Å². The molecular formula is C15H14N2O4. The fraction of sp³-hybridized carbons (Fsp3) is 0.133. The Morgan fingerprint density at radius 3 is 2.33 bits per heavy atom. The van der Waals surface area contributed by atoms with E-state index in [2.05, 4.69) is 5.32 Å². The lowest BCUT2D eigenvalue weighted by Crippen LogP contribution is -2.23. The number of nitrogens with zero attached hydrogens (tertiary/aromatic N) is 1. The van der Waals surface area contributed by atoms with Crippen LogP contribution in [-0.4, -0.2) is 11.0 Å². The summed E-state index contributed by atoms with van der Waals surface area (Å²) >= 11 is 0. The maximum Gasteiger partial charge on any atom is 0.407 e. The Morgan fingerprint density at radius 1 is 1.05 bits per heavy atom. The Labute approximate surface area is 121 Å². The number of benzene rings is 2. The van der Waals surface area contributed by atoms with Crippen molar-refractivity contribution in [2.24, 2.45) is 0 Å². The molecular weight excluding hydrogens is 272 g/mol.